The van der Waals surface area contributed by atoms with Crippen molar-refractivity contribution in [2.75, 3.05) is 40.4 Å². The van der Waals surface area contributed by atoms with E-state index in [9.17, 15) is 19.2 Å². The van der Waals surface area contributed by atoms with Gasteiger partial charge in [-0.05, 0) is 67.0 Å². The molecule has 0 aliphatic carbocycles. The normalized spacial score (nSPS) is 44.0. The summed E-state index contributed by atoms with van der Waals surface area (Å²) in [5, 5.41) is 0. The molecule has 0 aromatic carbocycles. The Morgan fingerprint density at radius 1 is 1.06 bits per heavy atom. The Morgan fingerprint density at radius 2 is 1.76 bits per heavy atom. The molecular formula is C37H59N3O11. The number of Topliss-reactive ketones (excluding diaryl/α,β-unsaturated/α-hetero) is 1. The van der Waals surface area contributed by atoms with Crippen molar-refractivity contribution < 1.29 is 52.3 Å². The molecule has 5 aliphatic heterocycles. The van der Waals surface area contributed by atoms with E-state index in [0.29, 0.717) is 32.4 Å². The molecule has 5 aliphatic rings. The number of nitrogens with zero attached hydrogens (tertiary/aromatic N) is 3. The summed E-state index contributed by atoms with van der Waals surface area (Å²) >= 11 is 0. The lowest BCUT2D eigenvalue weighted by Gasteiger charge is -2.49. The fourth-order valence-electron chi connectivity index (χ4n) is 9.46. The van der Waals surface area contributed by atoms with Gasteiger partial charge in [0.2, 0.25) is 0 Å². The predicted octanol–water partition coefficient (Wildman–Crippen LogP) is 3.42. The minimum atomic E-state index is -1.15. The van der Waals surface area contributed by atoms with E-state index in [0.717, 1.165) is 5.71 Å². The van der Waals surface area contributed by atoms with Crippen LogP contribution in [0.3, 0.4) is 0 Å². The van der Waals surface area contributed by atoms with Crippen molar-refractivity contribution in [3.8, 4) is 0 Å². The van der Waals surface area contributed by atoms with Gasteiger partial charge in [-0.1, -0.05) is 27.7 Å². The Kier molecular flexibility index (Phi) is 11.9. The van der Waals surface area contributed by atoms with Gasteiger partial charge in [-0.2, -0.15) is 0 Å². The Hall–Kier alpha value is -2.65. The molecule has 5 rings (SSSR count). The molecule has 14 heteroatoms. The largest absolute Gasteiger partial charge is 0.458 e. The number of carbonyl (C=O) groups excluding carboxylic acids is 4. The van der Waals surface area contributed by atoms with Crippen LogP contribution in [0.1, 0.15) is 81.6 Å². The molecule has 0 aromatic rings. The number of aliphatic imine (C=N–C) groups is 1. The Bertz CT molecular complexity index is 1360. The SMILES string of the molecule is CC[C@H]1OC(=O)[C@H](C)[C@H]2OCC(=O)CO[C@](C)(C[C@@H](C)C3=NCCN4C(=O)O[C@@]1(C)[C@H]4[C@H]3C)[C@H](O[C@H]1O[C@@H](C)C[C@@H](N(C)C)[C@@H]1OC(C)=O)[C@H]2C. The molecule has 5 heterocycles. The summed E-state index contributed by atoms with van der Waals surface area (Å²) in [6.07, 6.45) is -3.50. The Morgan fingerprint density at radius 3 is 2.41 bits per heavy atom. The van der Waals surface area contributed by atoms with Crippen molar-refractivity contribution in [3.63, 3.8) is 0 Å². The zero-order valence-corrected chi connectivity index (χ0v) is 32.2. The fraction of sp³-hybridized carbons (Fsp3) is 0.865. The van der Waals surface area contributed by atoms with Crippen LogP contribution in [-0.2, 0) is 47.5 Å². The number of cyclic esters (lactones) is 1. The van der Waals surface area contributed by atoms with Gasteiger partial charge in [0, 0.05) is 31.0 Å². The third-order valence-corrected chi connectivity index (χ3v) is 11.8. The molecule has 1 amide bonds. The van der Waals surface area contributed by atoms with Crippen LogP contribution in [0.25, 0.3) is 0 Å². The third-order valence-electron chi connectivity index (χ3n) is 11.8. The summed E-state index contributed by atoms with van der Waals surface area (Å²) in [4.78, 5) is 62.1. The lowest BCUT2D eigenvalue weighted by atomic mass is 9.72. The predicted molar refractivity (Wildman–Crippen MR) is 185 cm³/mol. The van der Waals surface area contributed by atoms with Gasteiger partial charge in [-0.3, -0.25) is 24.3 Å². The zero-order valence-electron chi connectivity index (χ0n) is 32.2. The standard InChI is InChI=1S/C37H59N3O11/c1-12-27-37(9)31-21(4)28(38-13-14-40(31)35(44)51-37)19(2)16-36(8)32(22(5)29(23(6)33(43)49-27)45-17-25(42)18-46-36)50-34-30(48-24(7)41)26(39(10)11)15-20(3)47-34/h19-23,26-27,29-32,34H,12-18H2,1-11H3/t19-,20+,21+,22+,23-,26-,27-,29+,30+,31-,32-,34-,36-,37-/m1/s1. The highest BCUT2D eigenvalue weighted by molar-refractivity contribution is 5.91. The smallest absolute Gasteiger partial charge is 0.410 e. The highest BCUT2D eigenvalue weighted by atomic mass is 16.7. The van der Waals surface area contributed by atoms with Crippen LogP contribution in [0.15, 0.2) is 4.99 Å². The number of amides is 1. The van der Waals surface area contributed by atoms with Crippen LogP contribution >= 0.6 is 0 Å². The van der Waals surface area contributed by atoms with E-state index in [1.807, 2.05) is 60.5 Å². The molecule has 0 N–H and O–H groups in total. The molecule has 0 aromatic heterocycles. The maximum Gasteiger partial charge on any atom is 0.410 e. The van der Waals surface area contributed by atoms with E-state index >= 15 is 0 Å². The first kappa shape index (κ1) is 39.6. The van der Waals surface area contributed by atoms with Gasteiger partial charge in [0.05, 0.1) is 48.5 Å². The molecular weight excluding hydrogens is 662 g/mol. The van der Waals surface area contributed by atoms with Crippen LogP contribution < -0.4 is 0 Å². The number of esters is 2. The molecule has 4 saturated heterocycles. The first-order valence-electron chi connectivity index (χ1n) is 18.6. The van der Waals surface area contributed by atoms with E-state index in [4.69, 9.17) is 38.2 Å². The first-order valence-corrected chi connectivity index (χ1v) is 18.6. The van der Waals surface area contributed by atoms with Crippen LogP contribution in [-0.4, -0.2) is 140 Å². The number of carbonyl (C=O) groups is 4. The Balaban J connectivity index is 1.65. The number of hydrogen-bond acceptors (Lipinski definition) is 13. The summed E-state index contributed by atoms with van der Waals surface area (Å²) in [5.41, 5.74) is -1.42. The number of ether oxygens (including phenoxy) is 7. The van der Waals surface area contributed by atoms with Crippen molar-refractivity contribution >= 4 is 29.5 Å². The van der Waals surface area contributed by atoms with Crippen molar-refractivity contribution in [3.05, 3.63) is 0 Å². The van der Waals surface area contributed by atoms with E-state index in [1.54, 1.807) is 11.8 Å². The molecule has 0 radical (unpaired) electrons. The molecule has 288 valence electrons. The van der Waals surface area contributed by atoms with E-state index in [-0.39, 0.29) is 43.0 Å². The maximum atomic E-state index is 14.2. The summed E-state index contributed by atoms with van der Waals surface area (Å²) in [5.74, 6) is -3.18. The van der Waals surface area contributed by atoms with Gasteiger partial charge in [0.15, 0.2) is 23.8 Å². The second-order valence-electron chi connectivity index (χ2n) is 16.0. The van der Waals surface area contributed by atoms with E-state index in [1.165, 1.54) is 6.92 Å². The number of fused-ring (bicyclic) bond motifs is 4. The van der Waals surface area contributed by atoms with Gasteiger partial charge >= 0.3 is 18.0 Å². The van der Waals surface area contributed by atoms with Crippen molar-refractivity contribution in [2.45, 2.75) is 142 Å². The average Bonchev–Trinajstić information content (AvgIpc) is 3.20. The number of hydrogen-bond donors (Lipinski definition) is 0. The van der Waals surface area contributed by atoms with Gasteiger partial charge in [-0.25, -0.2) is 4.79 Å². The zero-order chi connectivity index (χ0) is 37.6. The lowest BCUT2D eigenvalue weighted by Crippen LogP contribution is -2.61. The molecule has 14 atom stereocenters. The number of likely N-dealkylation sites (N-methyl/N-ethyl adjacent to an activating group) is 1. The van der Waals surface area contributed by atoms with Crippen molar-refractivity contribution in [2.24, 2.45) is 28.7 Å². The lowest BCUT2D eigenvalue weighted by molar-refractivity contribution is -0.304. The van der Waals surface area contributed by atoms with Gasteiger partial charge in [0.1, 0.15) is 19.3 Å². The van der Waals surface area contributed by atoms with Gasteiger partial charge in [-0.15, -0.1) is 0 Å². The molecule has 4 bridgehead atoms. The number of ketones is 1. The Labute approximate surface area is 302 Å². The van der Waals surface area contributed by atoms with Crippen molar-refractivity contribution in [1.82, 2.24) is 9.80 Å². The minimum Gasteiger partial charge on any atom is -0.458 e. The highest BCUT2D eigenvalue weighted by Crippen LogP contribution is 2.45. The van der Waals surface area contributed by atoms with E-state index in [2.05, 4.69) is 6.92 Å². The summed E-state index contributed by atoms with van der Waals surface area (Å²) in [7, 11) is 3.85. The summed E-state index contributed by atoms with van der Waals surface area (Å²) < 4.78 is 44.7. The molecule has 0 unspecified atom stereocenters. The minimum absolute atomic E-state index is 0.202. The maximum absolute atomic E-state index is 14.2. The molecule has 4 fully saturated rings. The monoisotopic (exact) mass is 721 g/mol. The third kappa shape index (κ3) is 7.71. The molecule has 14 nitrogen and oxygen atoms in total. The molecule has 0 saturated carbocycles. The summed E-state index contributed by atoms with van der Waals surface area (Å²) in [6, 6.07) is -0.654. The van der Waals surface area contributed by atoms with Crippen LogP contribution in [0, 0.1) is 23.7 Å². The summed E-state index contributed by atoms with van der Waals surface area (Å²) in [6.45, 7) is 17.0. The first-order chi connectivity index (χ1) is 23.9. The van der Waals surface area contributed by atoms with Crippen molar-refractivity contribution in [1.29, 1.82) is 0 Å². The average molecular weight is 722 g/mol. The van der Waals surface area contributed by atoms with Crippen LogP contribution in [0.4, 0.5) is 4.79 Å². The highest BCUT2D eigenvalue weighted by Gasteiger charge is 2.60. The topological polar surface area (TPSA) is 152 Å². The van der Waals surface area contributed by atoms with Gasteiger partial charge < -0.3 is 38.1 Å². The quantitative estimate of drug-likeness (QED) is 0.302. The van der Waals surface area contributed by atoms with Gasteiger partial charge in [0.25, 0.3) is 0 Å². The molecule has 51 heavy (non-hydrogen) atoms. The second-order valence-corrected chi connectivity index (χ2v) is 16.0. The number of rotatable bonds is 5. The van der Waals surface area contributed by atoms with Crippen LogP contribution in [0.5, 0.6) is 0 Å². The van der Waals surface area contributed by atoms with Crippen LogP contribution in [0.2, 0.25) is 0 Å². The van der Waals surface area contributed by atoms with E-state index < -0.39 is 77.8 Å². The fourth-order valence-corrected chi connectivity index (χ4v) is 9.46. The second kappa shape index (κ2) is 15.4. The molecule has 0 spiro atoms.